The zero-order chi connectivity index (χ0) is 22.6. The molecule has 0 spiro atoms. The number of likely N-dealkylation sites (tertiary alicyclic amines) is 1. The Hall–Kier alpha value is -2.20. The summed E-state index contributed by atoms with van der Waals surface area (Å²) in [5, 5.41) is 14.4. The third-order valence-corrected chi connectivity index (χ3v) is 7.61. The number of anilines is 1. The standard InChI is InChI=1S/C24H32N6O2S/c1-32-15-19-4-3-11-30(19)14-18-12-17(13-22-29-21-5-2-10-25-23(21)33-22)27-24(28-18)26-16-6-8-20(31)9-7-16/h2,5,10,12,16,19-20,31H,3-4,6-9,11,13-15H2,1H3,(H,26,27,28). The fraction of sp³-hybridized carbons (Fsp3) is 0.583. The zero-order valence-electron chi connectivity index (χ0n) is 19.1. The Balaban J connectivity index is 1.38. The van der Waals surface area contributed by atoms with Gasteiger partial charge >= 0.3 is 0 Å². The number of rotatable bonds is 8. The maximum Gasteiger partial charge on any atom is 0.223 e. The summed E-state index contributed by atoms with van der Waals surface area (Å²) >= 11 is 1.62. The highest BCUT2D eigenvalue weighted by Crippen LogP contribution is 2.25. The first kappa shape index (κ1) is 22.6. The summed E-state index contributed by atoms with van der Waals surface area (Å²) in [6, 6.07) is 6.79. The fourth-order valence-electron chi connectivity index (χ4n) is 4.93. The molecule has 8 nitrogen and oxygen atoms in total. The number of nitrogens with one attached hydrogen (secondary N) is 1. The van der Waals surface area contributed by atoms with Crippen molar-refractivity contribution in [3.05, 3.63) is 40.8 Å². The minimum atomic E-state index is -0.175. The van der Waals surface area contributed by atoms with E-state index in [9.17, 15) is 5.11 Å². The summed E-state index contributed by atoms with van der Waals surface area (Å²) in [5.74, 6) is 0.686. The number of thiazole rings is 1. The van der Waals surface area contributed by atoms with Crippen molar-refractivity contribution in [2.75, 3.05) is 25.6 Å². The van der Waals surface area contributed by atoms with Gasteiger partial charge in [0.25, 0.3) is 0 Å². The van der Waals surface area contributed by atoms with E-state index in [1.807, 2.05) is 18.3 Å². The van der Waals surface area contributed by atoms with E-state index in [2.05, 4.69) is 21.3 Å². The van der Waals surface area contributed by atoms with Crippen molar-refractivity contribution >= 4 is 27.6 Å². The molecule has 33 heavy (non-hydrogen) atoms. The smallest absolute Gasteiger partial charge is 0.223 e. The molecule has 0 aromatic carbocycles. The Bertz CT molecular complexity index is 1040. The van der Waals surface area contributed by atoms with Gasteiger partial charge in [0.15, 0.2) is 0 Å². The van der Waals surface area contributed by atoms with Gasteiger partial charge in [-0.05, 0) is 63.3 Å². The predicted molar refractivity (Wildman–Crippen MR) is 129 cm³/mol. The predicted octanol–water partition coefficient (Wildman–Crippen LogP) is 3.40. The van der Waals surface area contributed by atoms with E-state index >= 15 is 0 Å². The lowest BCUT2D eigenvalue weighted by Gasteiger charge is -2.27. The topological polar surface area (TPSA) is 96.3 Å². The Morgan fingerprint density at radius 3 is 2.82 bits per heavy atom. The third kappa shape index (κ3) is 5.66. The van der Waals surface area contributed by atoms with E-state index in [0.717, 1.165) is 72.1 Å². The van der Waals surface area contributed by atoms with Crippen LogP contribution in [0.4, 0.5) is 5.95 Å². The van der Waals surface area contributed by atoms with Gasteiger partial charge in [0.2, 0.25) is 5.95 Å². The van der Waals surface area contributed by atoms with Crippen LogP contribution in [0.25, 0.3) is 10.3 Å². The van der Waals surface area contributed by atoms with E-state index in [0.29, 0.717) is 24.5 Å². The van der Waals surface area contributed by atoms with Crippen LogP contribution < -0.4 is 5.32 Å². The van der Waals surface area contributed by atoms with E-state index in [1.165, 1.54) is 12.8 Å². The van der Waals surface area contributed by atoms with Crippen LogP contribution >= 0.6 is 11.3 Å². The Morgan fingerprint density at radius 2 is 2.00 bits per heavy atom. The summed E-state index contributed by atoms with van der Waals surface area (Å²) in [7, 11) is 1.77. The summed E-state index contributed by atoms with van der Waals surface area (Å²) in [5.41, 5.74) is 2.94. The molecule has 0 amide bonds. The maximum atomic E-state index is 9.85. The molecule has 1 aliphatic heterocycles. The van der Waals surface area contributed by atoms with Gasteiger partial charge in [-0.2, -0.15) is 0 Å². The van der Waals surface area contributed by atoms with Gasteiger partial charge in [-0.25, -0.2) is 19.9 Å². The summed E-state index contributed by atoms with van der Waals surface area (Å²) in [4.78, 5) is 22.4. The molecule has 1 aliphatic carbocycles. The van der Waals surface area contributed by atoms with Crippen molar-refractivity contribution < 1.29 is 9.84 Å². The number of nitrogens with zero attached hydrogens (tertiary/aromatic N) is 5. The van der Waals surface area contributed by atoms with Crippen LogP contribution in [-0.2, 0) is 17.7 Å². The van der Waals surface area contributed by atoms with Crippen LogP contribution in [0.3, 0.4) is 0 Å². The zero-order valence-corrected chi connectivity index (χ0v) is 19.9. The molecule has 1 atom stereocenters. The highest BCUT2D eigenvalue weighted by atomic mass is 32.1. The number of aromatic nitrogens is 4. The molecule has 3 aromatic heterocycles. The van der Waals surface area contributed by atoms with Crippen molar-refractivity contribution in [1.29, 1.82) is 0 Å². The molecule has 0 radical (unpaired) electrons. The molecule has 1 saturated carbocycles. The van der Waals surface area contributed by atoms with E-state index in [-0.39, 0.29) is 6.10 Å². The van der Waals surface area contributed by atoms with Crippen molar-refractivity contribution in [2.45, 2.75) is 69.7 Å². The average Bonchev–Trinajstić information content (AvgIpc) is 3.41. The largest absolute Gasteiger partial charge is 0.393 e. The number of aliphatic hydroxyl groups is 1. The van der Waals surface area contributed by atoms with E-state index in [4.69, 9.17) is 19.7 Å². The number of fused-ring (bicyclic) bond motifs is 1. The molecule has 1 saturated heterocycles. The molecule has 9 heteroatoms. The second-order valence-corrected chi connectivity index (χ2v) is 10.2. The summed E-state index contributed by atoms with van der Waals surface area (Å²) < 4.78 is 5.44. The van der Waals surface area contributed by atoms with Crippen LogP contribution in [-0.4, -0.2) is 68.4 Å². The van der Waals surface area contributed by atoms with E-state index in [1.54, 1.807) is 18.4 Å². The Labute approximate surface area is 198 Å². The molecule has 2 aliphatic rings. The van der Waals surface area contributed by atoms with E-state index < -0.39 is 0 Å². The second-order valence-electron chi connectivity index (χ2n) is 9.16. The number of methoxy groups -OCH3 is 1. The molecule has 3 aromatic rings. The highest BCUT2D eigenvalue weighted by molar-refractivity contribution is 7.18. The van der Waals surface area contributed by atoms with Gasteiger partial charge in [0.1, 0.15) is 15.4 Å². The molecule has 5 rings (SSSR count). The third-order valence-electron chi connectivity index (χ3n) is 6.63. The van der Waals surface area contributed by atoms with Crippen LogP contribution in [0.2, 0.25) is 0 Å². The van der Waals surface area contributed by atoms with Crippen molar-refractivity contribution in [3.63, 3.8) is 0 Å². The van der Waals surface area contributed by atoms with Crippen LogP contribution in [0.1, 0.15) is 54.9 Å². The number of hydrogen-bond acceptors (Lipinski definition) is 9. The maximum absolute atomic E-state index is 9.85. The molecule has 0 bridgehead atoms. The van der Waals surface area contributed by atoms with Crippen molar-refractivity contribution in [3.8, 4) is 0 Å². The molecule has 2 N–H and O–H groups in total. The lowest BCUT2D eigenvalue weighted by atomic mass is 9.93. The normalized spacial score (nSPS) is 23.9. The van der Waals surface area contributed by atoms with Crippen molar-refractivity contribution in [2.24, 2.45) is 0 Å². The first-order chi connectivity index (χ1) is 16.2. The van der Waals surface area contributed by atoms with Gasteiger partial charge in [-0.1, -0.05) is 11.3 Å². The molecule has 2 fully saturated rings. The van der Waals surface area contributed by atoms with Gasteiger partial charge < -0.3 is 15.2 Å². The van der Waals surface area contributed by atoms with Crippen molar-refractivity contribution in [1.82, 2.24) is 24.8 Å². The lowest BCUT2D eigenvalue weighted by Crippen LogP contribution is -2.33. The Morgan fingerprint density at radius 1 is 1.15 bits per heavy atom. The van der Waals surface area contributed by atoms with Crippen LogP contribution in [0.15, 0.2) is 24.4 Å². The van der Waals surface area contributed by atoms with Crippen LogP contribution in [0.5, 0.6) is 0 Å². The SMILES string of the molecule is COCC1CCCN1Cc1cc(Cc2nc3cccnc3s2)nc(NC2CCC(O)CC2)n1. The fourth-order valence-corrected chi connectivity index (χ4v) is 5.85. The van der Waals surface area contributed by atoms with Gasteiger partial charge in [-0.3, -0.25) is 4.90 Å². The van der Waals surface area contributed by atoms with Gasteiger partial charge in [0, 0.05) is 38.4 Å². The van der Waals surface area contributed by atoms with Crippen LogP contribution in [0, 0.1) is 0 Å². The first-order valence-corrected chi connectivity index (χ1v) is 12.7. The van der Waals surface area contributed by atoms with Gasteiger partial charge in [-0.15, -0.1) is 0 Å². The summed E-state index contributed by atoms with van der Waals surface area (Å²) in [6.07, 6.45) is 8.20. The molecular weight excluding hydrogens is 436 g/mol. The lowest BCUT2D eigenvalue weighted by molar-refractivity contribution is 0.111. The number of hydrogen-bond donors (Lipinski definition) is 2. The molecule has 176 valence electrons. The average molecular weight is 469 g/mol. The number of aliphatic hydroxyl groups excluding tert-OH is 1. The molecular formula is C24H32N6O2S. The molecule has 1 unspecified atom stereocenters. The number of ether oxygens (including phenoxy) is 1. The minimum Gasteiger partial charge on any atom is -0.393 e. The molecule has 4 heterocycles. The number of pyridine rings is 1. The quantitative estimate of drug-likeness (QED) is 0.519. The minimum absolute atomic E-state index is 0.175. The monoisotopic (exact) mass is 468 g/mol. The van der Waals surface area contributed by atoms with Gasteiger partial charge in [0.05, 0.1) is 24.1 Å². The Kier molecular flexibility index (Phi) is 7.10. The second kappa shape index (κ2) is 10.4. The summed E-state index contributed by atoms with van der Waals surface area (Å²) in [6.45, 7) is 2.62. The highest BCUT2D eigenvalue weighted by Gasteiger charge is 2.26. The first-order valence-electron chi connectivity index (χ1n) is 11.9.